The first-order valence-corrected chi connectivity index (χ1v) is 9.00. The van der Waals surface area contributed by atoms with Crippen LogP contribution < -0.4 is 10.1 Å². The second-order valence-corrected chi connectivity index (χ2v) is 6.42. The van der Waals surface area contributed by atoms with Gasteiger partial charge in [-0.05, 0) is 31.0 Å². The molecule has 0 radical (unpaired) electrons. The summed E-state index contributed by atoms with van der Waals surface area (Å²) in [5.74, 6) is -1.16. The number of nitrogens with zero attached hydrogens (tertiary/aromatic N) is 1. The Morgan fingerprint density at radius 2 is 1.87 bits per heavy atom. The number of methoxy groups -OCH3 is 1. The van der Waals surface area contributed by atoms with Crippen LogP contribution in [0, 0.1) is 10.1 Å². The van der Waals surface area contributed by atoms with E-state index in [0.29, 0.717) is 11.8 Å². The molecule has 31 heavy (non-hydrogen) atoms. The van der Waals surface area contributed by atoms with Crippen LogP contribution in [0.1, 0.15) is 24.5 Å². The van der Waals surface area contributed by atoms with Crippen molar-refractivity contribution in [2.24, 2.45) is 0 Å². The number of nitrogens with one attached hydrogen (secondary N) is 1. The SMILES string of the molecule is COc1ccccc1CCC(=O)O[C@H](C)C(=O)Nc1ccc([N+](=O)[O-])cc1C(F)(F)F. The molecule has 0 unspecified atom stereocenters. The molecule has 0 spiro atoms. The molecule has 1 N–H and O–H groups in total. The average Bonchev–Trinajstić information content (AvgIpc) is 2.71. The molecule has 2 rings (SSSR count). The number of carbonyl (C=O) groups excluding carboxylic acids is 2. The molecule has 0 fully saturated rings. The highest BCUT2D eigenvalue weighted by Gasteiger charge is 2.36. The fourth-order valence-corrected chi connectivity index (χ4v) is 2.68. The lowest BCUT2D eigenvalue weighted by atomic mass is 10.1. The predicted molar refractivity (Wildman–Crippen MR) is 104 cm³/mol. The first kappa shape index (κ1) is 23.6. The third-order valence-electron chi connectivity index (χ3n) is 4.25. The van der Waals surface area contributed by atoms with Gasteiger partial charge in [-0.2, -0.15) is 13.2 Å². The molecule has 11 heteroatoms. The number of esters is 1. The summed E-state index contributed by atoms with van der Waals surface area (Å²) in [7, 11) is 1.48. The van der Waals surface area contributed by atoms with E-state index in [2.05, 4.69) is 0 Å². The molecular weight excluding hydrogens is 421 g/mol. The van der Waals surface area contributed by atoms with E-state index in [4.69, 9.17) is 9.47 Å². The number of hydrogen-bond donors (Lipinski definition) is 1. The van der Waals surface area contributed by atoms with E-state index < -0.39 is 46.0 Å². The van der Waals surface area contributed by atoms with Crippen LogP contribution in [0.25, 0.3) is 0 Å². The van der Waals surface area contributed by atoms with E-state index in [0.717, 1.165) is 17.7 Å². The van der Waals surface area contributed by atoms with Crippen LogP contribution in [-0.4, -0.2) is 30.0 Å². The van der Waals surface area contributed by atoms with Crippen LogP contribution in [0.15, 0.2) is 42.5 Å². The quantitative estimate of drug-likeness (QED) is 0.376. The van der Waals surface area contributed by atoms with Crippen LogP contribution >= 0.6 is 0 Å². The Morgan fingerprint density at radius 1 is 1.19 bits per heavy atom. The standard InChI is InChI=1S/C20H19F3N2O6/c1-12(31-18(26)10-7-13-5-3-4-6-17(13)30-2)19(27)24-16-9-8-14(25(28)29)11-15(16)20(21,22)23/h3-6,8-9,11-12H,7,10H2,1-2H3,(H,24,27)/t12-/m1/s1. The van der Waals surface area contributed by atoms with Crippen molar-refractivity contribution in [3.63, 3.8) is 0 Å². The lowest BCUT2D eigenvalue weighted by Crippen LogP contribution is -2.31. The number of alkyl halides is 3. The van der Waals surface area contributed by atoms with Crippen molar-refractivity contribution in [2.75, 3.05) is 12.4 Å². The molecule has 0 aliphatic rings. The maximum atomic E-state index is 13.2. The van der Waals surface area contributed by atoms with Crippen LogP contribution in [0.4, 0.5) is 24.5 Å². The summed E-state index contributed by atoms with van der Waals surface area (Å²) in [5.41, 5.74) is -2.09. The zero-order valence-electron chi connectivity index (χ0n) is 16.6. The normalized spacial score (nSPS) is 12.0. The van der Waals surface area contributed by atoms with Gasteiger partial charge in [0.05, 0.1) is 23.3 Å². The number of anilines is 1. The summed E-state index contributed by atoms with van der Waals surface area (Å²) in [5, 5.41) is 12.7. The summed E-state index contributed by atoms with van der Waals surface area (Å²) in [6, 6.07) is 8.93. The molecule has 0 heterocycles. The molecule has 8 nitrogen and oxygen atoms in total. The Bertz CT molecular complexity index is 978. The number of rotatable bonds is 8. The monoisotopic (exact) mass is 440 g/mol. The fraction of sp³-hybridized carbons (Fsp3) is 0.300. The predicted octanol–water partition coefficient (Wildman–Crippen LogP) is 4.13. The van der Waals surface area contributed by atoms with Gasteiger partial charge in [-0.15, -0.1) is 0 Å². The topological polar surface area (TPSA) is 108 Å². The summed E-state index contributed by atoms with van der Waals surface area (Å²) in [6.45, 7) is 1.20. The minimum Gasteiger partial charge on any atom is -0.496 e. The number of carbonyl (C=O) groups is 2. The Labute approximate surface area is 175 Å². The molecule has 2 aromatic rings. The maximum absolute atomic E-state index is 13.2. The van der Waals surface area contributed by atoms with Crippen LogP contribution in [0.5, 0.6) is 5.75 Å². The highest BCUT2D eigenvalue weighted by atomic mass is 19.4. The van der Waals surface area contributed by atoms with Crippen molar-refractivity contribution < 1.29 is 37.2 Å². The van der Waals surface area contributed by atoms with Gasteiger partial charge in [-0.25, -0.2) is 0 Å². The summed E-state index contributed by atoms with van der Waals surface area (Å²) >= 11 is 0. The highest BCUT2D eigenvalue weighted by Crippen LogP contribution is 2.37. The number of ether oxygens (including phenoxy) is 2. The van der Waals surface area contributed by atoms with Gasteiger partial charge < -0.3 is 14.8 Å². The molecule has 0 aliphatic carbocycles. The van der Waals surface area contributed by atoms with E-state index in [1.54, 1.807) is 24.3 Å². The Kier molecular flexibility index (Phi) is 7.56. The number of nitro groups is 1. The lowest BCUT2D eigenvalue weighted by Gasteiger charge is -2.17. The van der Waals surface area contributed by atoms with E-state index in [1.165, 1.54) is 14.0 Å². The van der Waals surface area contributed by atoms with Crippen LogP contribution in [0.3, 0.4) is 0 Å². The fourth-order valence-electron chi connectivity index (χ4n) is 2.68. The summed E-state index contributed by atoms with van der Waals surface area (Å²) in [4.78, 5) is 34.0. The molecule has 1 atom stereocenters. The summed E-state index contributed by atoms with van der Waals surface area (Å²) in [6.07, 6.45) is -6.13. The number of non-ortho nitro benzene ring substituents is 1. The maximum Gasteiger partial charge on any atom is 0.418 e. The van der Waals surface area contributed by atoms with Crippen molar-refractivity contribution in [1.82, 2.24) is 0 Å². The van der Waals surface area contributed by atoms with E-state index >= 15 is 0 Å². The highest BCUT2D eigenvalue weighted by molar-refractivity contribution is 5.96. The molecule has 0 aliphatic heterocycles. The van der Waals surface area contributed by atoms with Gasteiger partial charge in [0.1, 0.15) is 5.75 Å². The lowest BCUT2D eigenvalue weighted by molar-refractivity contribution is -0.385. The van der Waals surface area contributed by atoms with Gasteiger partial charge in [-0.3, -0.25) is 19.7 Å². The van der Waals surface area contributed by atoms with Crippen LogP contribution in [0.2, 0.25) is 0 Å². The third-order valence-corrected chi connectivity index (χ3v) is 4.25. The second-order valence-electron chi connectivity index (χ2n) is 6.42. The van der Waals surface area contributed by atoms with Crippen LogP contribution in [-0.2, 0) is 26.9 Å². The van der Waals surface area contributed by atoms with Crippen molar-refractivity contribution in [2.45, 2.75) is 32.0 Å². The minimum atomic E-state index is -4.94. The van der Waals surface area contributed by atoms with Gasteiger partial charge in [0.2, 0.25) is 0 Å². The zero-order chi connectivity index (χ0) is 23.2. The average molecular weight is 440 g/mol. The smallest absolute Gasteiger partial charge is 0.418 e. The van der Waals surface area contributed by atoms with E-state index in [9.17, 15) is 32.9 Å². The molecular formula is C20H19F3N2O6. The Morgan fingerprint density at radius 3 is 2.48 bits per heavy atom. The number of aryl methyl sites for hydroxylation is 1. The van der Waals surface area contributed by atoms with E-state index in [-0.39, 0.29) is 12.8 Å². The Hall–Kier alpha value is -3.63. The van der Waals surface area contributed by atoms with Gasteiger partial charge >= 0.3 is 12.1 Å². The summed E-state index contributed by atoms with van der Waals surface area (Å²) < 4.78 is 49.8. The number of nitro benzene ring substituents is 1. The number of halogens is 3. The molecule has 1 amide bonds. The molecule has 0 aromatic heterocycles. The second kappa shape index (κ2) is 9.92. The third kappa shape index (κ3) is 6.43. The zero-order valence-corrected chi connectivity index (χ0v) is 16.6. The van der Waals surface area contributed by atoms with Gasteiger partial charge in [0, 0.05) is 18.6 Å². The Balaban J connectivity index is 2.02. The number of hydrogen-bond acceptors (Lipinski definition) is 6. The van der Waals surface area contributed by atoms with Gasteiger partial charge in [0.15, 0.2) is 6.10 Å². The van der Waals surface area contributed by atoms with Gasteiger partial charge in [-0.1, -0.05) is 18.2 Å². The molecule has 2 aromatic carbocycles. The van der Waals surface area contributed by atoms with Crippen molar-refractivity contribution >= 4 is 23.3 Å². The van der Waals surface area contributed by atoms with E-state index in [1.807, 2.05) is 5.32 Å². The molecule has 0 bridgehead atoms. The molecule has 166 valence electrons. The number of amides is 1. The largest absolute Gasteiger partial charge is 0.496 e. The first-order chi connectivity index (χ1) is 14.5. The number of benzene rings is 2. The van der Waals surface area contributed by atoms with Gasteiger partial charge in [0.25, 0.3) is 11.6 Å². The van der Waals surface area contributed by atoms with Crippen molar-refractivity contribution in [1.29, 1.82) is 0 Å². The first-order valence-electron chi connectivity index (χ1n) is 9.00. The molecule has 0 saturated heterocycles. The van der Waals surface area contributed by atoms with Crippen molar-refractivity contribution in [3.8, 4) is 5.75 Å². The molecule has 0 saturated carbocycles. The van der Waals surface area contributed by atoms with Crippen molar-refractivity contribution in [3.05, 3.63) is 63.7 Å². The minimum absolute atomic E-state index is 0.0800. The number of para-hydroxylation sites is 1.